The van der Waals surface area contributed by atoms with Crippen LogP contribution in [0.5, 0.6) is 5.75 Å². The normalized spacial score (nSPS) is 20.6. The predicted octanol–water partition coefficient (Wildman–Crippen LogP) is 3.09. The van der Waals surface area contributed by atoms with Crippen LogP contribution in [0.25, 0.3) is 0 Å². The summed E-state index contributed by atoms with van der Waals surface area (Å²) in [6.45, 7) is 2.26. The summed E-state index contributed by atoms with van der Waals surface area (Å²) in [7, 11) is 1.66. The van der Waals surface area contributed by atoms with Gasteiger partial charge < -0.3 is 9.57 Å². The first-order valence-electron chi connectivity index (χ1n) is 6.80. The van der Waals surface area contributed by atoms with E-state index in [1.165, 1.54) is 18.9 Å². The number of nitrogens with zero attached hydrogens (tertiary/aromatic N) is 1. The fourth-order valence-corrected chi connectivity index (χ4v) is 2.52. The lowest BCUT2D eigenvalue weighted by Crippen LogP contribution is -2.30. The molecule has 0 radical (unpaired) electrons. The molecule has 1 aromatic rings. The van der Waals surface area contributed by atoms with Crippen LogP contribution >= 0.6 is 0 Å². The molecule has 104 valence electrons. The smallest absolute Gasteiger partial charge is 0.322 e. The zero-order chi connectivity index (χ0) is 13.7. The van der Waals surface area contributed by atoms with E-state index in [0.717, 1.165) is 31.6 Å². The third kappa shape index (κ3) is 3.70. The number of hydrogen-bond donors (Lipinski definition) is 0. The van der Waals surface area contributed by atoms with Crippen LogP contribution in [0.1, 0.15) is 44.2 Å². The number of hydroxylamine groups is 2. The van der Waals surface area contributed by atoms with E-state index in [4.69, 9.17) is 9.57 Å². The summed E-state index contributed by atoms with van der Waals surface area (Å²) >= 11 is 0. The summed E-state index contributed by atoms with van der Waals surface area (Å²) in [5.74, 6) is 0.594. The molecule has 1 aliphatic heterocycles. The van der Waals surface area contributed by atoms with Gasteiger partial charge in [-0.15, -0.1) is 5.06 Å². The molecule has 1 fully saturated rings. The van der Waals surface area contributed by atoms with Crippen LogP contribution in [0.15, 0.2) is 24.3 Å². The summed E-state index contributed by atoms with van der Waals surface area (Å²) in [6, 6.07) is 8.15. The second-order valence-corrected chi connectivity index (χ2v) is 4.86. The van der Waals surface area contributed by atoms with Crippen molar-refractivity contribution in [1.29, 1.82) is 0 Å². The Hall–Kier alpha value is -1.55. The summed E-state index contributed by atoms with van der Waals surface area (Å²) in [5, 5.41) is 1.83. The molecular formula is C15H21NO3. The summed E-state index contributed by atoms with van der Waals surface area (Å²) in [5.41, 5.74) is 1.17. The summed E-state index contributed by atoms with van der Waals surface area (Å²) in [6.07, 6.45) is 4.43. The van der Waals surface area contributed by atoms with Crippen molar-refractivity contribution in [3.05, 3.63) is 29.8 Å². The van der Waals surface area contributed by atoms with Crippen LogP contribution in [-0.4, -0.2) is 24.7 Å². The van der Waals surface area contributed by atoms with Gasteiger partial charge in [-0.3, -0.25) is 4.79 Å². The van der Waals surface area contributed by atoms with Gasteiger partial charge in [0.25, 0.3) is 0 Å². The number of ether oxygens (including phenoxy) is 1. The lowest BCUT2D eigenvalue weighted by molar-refractivity contribution is -0.200. The van der Waals surface area contributed by atoms with Crippen LogP contribution in [0.4, 0.5) is 0 Å². The third-order valence-corrected chi connectivity index (χ3v) is 3.45. The van der Waals surface area contributed by atoms with Gasteiger partial charge in [0, 0.05) is 13.5 Å². The molecule has 2 rings (SSSR count). The van der Waals surface area contributed by atoms with Crippen molar-refractivity contribution in [1.82, 2.24) is 5.06 Å². The quantitative estimate of drug-likeness (QED) is 0.840. The molecular weight excluding hydrogens is 242 g/mol. The Morgan fingerprint density at radius 1 is 1.21 bits per heavy atom. The van der Waals surface area contributed by atoms with Gasteiger partial charge in [0.2, 0.25) is 0 Å². The molecule has 0 N–H and O–H groups in total. The van der Waals surface area contributed by atoms with Crippen LogP contribution < -0.4 is 4.74 Å². The standard InChI is InChI=1S/C15H21NO3/c1-12(17)19-16-11-5-3-4-6-15(16)13-7-9-14(18-2)10-8-13/h7-10,15H,3-6,11H2,1-2H3. The van der Waals surface area contributed by atoms with Gasteiger partial charge in [-0.25, -0.2) is 0 Å². The maximum Gasteiger partial charge on any atom is 0.322 e. The number of methoxy groups -OCH3 is 1. The van der Waals surface area contributed by atoms with E-state index in [9.17, 15) is 4.79 Å². The minimum absolute atomic E-state index is 0.150. The first-order valence-corrected chi connectivity index (χ1v) is 6.80. The molecule has 1 aromatic carbocycles. The fourth-order valence-electron chi connectivity index (χ4n) is 2.52. The molecule has 1 aliphatic rings. The Labute approximate surface area is 114 Å². The largest absolute Gasteiger partial charge is 0.497 e. The molecule has 1 saturated heterocycles. The monoisotopic (exact) mass is 263 g/mol. The fraction of sp³-hybridized carbons (Fsp3) is 0.533. The minimum Gasteiger partial charge on any atom is -0.497 e. The third-order valence-electron chi connectivity index (χ3n) is 3.45. The van der Waals surface area contributed by atoms with Gasteiger partial charge in [0.1, 0.15) is 5.75 Å². The Morgan fingerprint density at radius 2 is 1.95 bits per heavy atom. The summed E-state index contributed by atoms with van der Waals surface area (Å²) in [4.78, 5) is 16.6. The second kappa shape index (κ2) is 6.57. The van der Waals surface area contributed by atoms with Crippen molar-refractivity contribution in [3.63, 3.8) is 0 Å². The van der Waals surface area contributed by atoms with E-state index < -0.39 is 0 Å². The Bertz CT molecular complexity index is 416. The van der Waals surface area contributed by atoms with Gasteiger partial charge in [-0.05, 0) is 30.5 Å². The predicted molar refractivity (Wildman–Crippen MR) is 72.7 cm³/mol. The molecule has 4 heteroatoms. The molecule has 0 saturated carbocycles. The van der Waals surface area contributed by atoms with Crippen molar-refractivity contribution >= 4 is 5.97 Å². The van der Waals surface area contributed by atoms with Crippen molar-refractivity contribution in [2.24, 2.45) is 0 Å². The zero-order valence-corrected chi connectivity index (χ0v) is 11.6. The number of carbonyl (C=O) groups is 1. The van der Waals surface area contributed by atoms with Gasteiger partial charge in [-0.2, -0.15) is 0 Å². The number of rotatable bonds is 3. The highest BCUT2D eigenvalue weighted by Gasteiger charge is 2.25. The molecule has 0 amide bonds. The lowest BCUT2D eigenvalue weighted by atomic mass is 10.0. The first kappa shape index (κ1) is 13.9. The van der Waals surface area contributed by atoms with Crippen LogP contribution in [-0.2, 0) is 9.63 Å². The highest BCUT2D eigenvalue weighted by atomic mass is 16.7. The molecule has 19 heavy (non-hydrogen) atoms. The molecule has 0 bridgehead atoms. The van der Waals surface area contributed by atoms with E-state index in [-0.39, 0.29) is 12.0 Å². The van der Waals surface area contributed by atoms with Crippen LogP contribution in [0.2, 0.25) is 0 Å². The van der Waals surface area contributed by atoms with E-state index >= 15 is 0 Å². The lowest BCUT2D eigenvalue weighted by Gasteiger charge is -2.28. The highest BCUT2D eigenvalue weighted by molar-refractivity contribution is 5.65. The first-order chi connectivity index (χ1) is 9.20. The van der Waals surface area contributed by atoms with Gasteiger partial charge in [0.15, 0.2) is 0 Å². The molecule has 4 nitrogen and oxygen atoms in total. The minimum atomic E-state index is -0.250. The van der Waals surface area contributed by atoms with E-state index in [0.29, 0.717) is 0 Å². The van der Waals surface area contributed by atoms with E-state index in [1.54, 1.807) is 7.11 Å². The van der Waals surface area contributed by atoms with Crippen molar-refractivity contribution < 1.29 is 14.4 Å². The number of hydrogen-bond acceptors (Lipinski definition) is 4. The van der Waals surface area contributed by atoms with E-state index in [2.05, 4.69) is 0 Å². The van der Waals surface area contributed by atoms with E-state index in [1.807, 2.05) is 29.3 Å². The Morgan fingerprint density at radius 3 is 2.58 bits per heavy atom. The van der Waals surface area contributed by atoms with Crippen molar-refractivity contribution in [3.8, 4) is 5.75 Å². The van der Waals surface area contributed by atoms with Crippen molar-refractivity contribution in [2.45, 2.75) is 38.6 Å². The molecule has 1 unspecified atom stereocenters. The average Bonchev–Trinajstić information content (AvgIpc) is 2.64. The molecule has 1 heterocycles. The average molecular weight is 263 g/mol. The zero-order valence-electron chi connectivity index (χ0n) is 11.6. The van der Waals surface area contributed by atoms with Crippen molar-refractivity contribution in [2.75, 3.05) is 13.7 Å². The van der Waals surface area contributed by atoms with Crippen LogP contribution in [0.3, 0.4) is 0 Å². The number of benzene rings is 1. The van der Waals surface area contributed by atoms with Crippen LogP contribution in [0, 0.1) is 0 Å². The number of carbonyl (C=O) groups excluding carboxylic acids is 1. The topological polar surface area (TPSA) is 38.8 Å². The van der Waals surface area contributed by atoms with Gasteiger partial charge in [0.05, 0.1) is 13.2 Å². The second-order valence-electron chi connectivity index (χ2n) is 4.86. The highest BCUT2D eigenvalue weighted by Crippen LogP contribution is 2.31. The maximum absolute atomic E-state index is 11.2. The van der Waals surface area contributed by atoms with Gasteiger partial charge in [-0.1, -0.05) is 25.0 Å². The maximum atomic E-state index is 11.2. The SMILES string of the molecule is COc1ccc(C2CCCCCN2OC(C)=O)cc1. The molecule has 0 spiro atoms. The van der Waals surface area contributed by atoms with Gasteiger partial charge >= 0.3 is 5.97 Å². The summed E-state index contributed by atoms with van der Waals surface area (Å²) < 4.78 is 5.17. The molecule has 0 aliphatic carbocycles. The molecule has 1 atom stereocenters. The molecule has 0 aromatic heterocycles. The Balaban J connectivity index is 2.17. The Kier molecular flexibility index (Phi) is 4.80.